The van der Waals surface area contributed by atoms with Crippen molar-refractivity contribution < 1.29 is 13.9 Å². The second-order valence-corrected chi connectivity index (χ2v) is 4.42. The van der Waals surface area contributed by atoms with E-state index in [-0.39, 0.29) is 23.6 Å². The van der Waals surface area contributed by atoms with Gasteiger partial charge in [-0.05, 0) is 24.1 Å². The largest absolute Gasteiger partial charge is 0.469 e. The lowest BCUT2D eigenvalue weighted by molar-refractivity contribution is -0.145. The molecule has 1 aromatic carbocycles. The highest BCUT2D eigenvalue weighted by molar-refractivity contribution is 5.74. The lowest BCUT2D eigenvalue weighted by Gasteiger charge is -2.17. The van der Waals surface area contributed by atoms with Crippen molar-refractivity contribution in [2.24, 2.45) is 5.92 Å². The van der Waals surface area contributed by atoms with E-state index in [0.29, 0.717) is 18.7 Å². The Kier molecular flexibility index (Phi) is 3.43. The summed E-state index contributed by atoms with van der Waals surface area (Å²) in [6, 6.07) is 5.13. The minimum atomic E-state index is -0.294. The Bertz CT molecular complexity index is 433. The van der Waals surface area contributed by atoms with Gasteiger partial charge in [0, 0.05) is 19.0 Å². The van der Waals surface area contributed by atoms with Crippen molar-refractivity contribution in [3.05, 3.63) is 35.1 Å². The van der Waals surface area contributed by atoms with Crippen LogP contribution in [0.4, 0.5) is 4.39 Å². The smallest absolute Gasteiger partial charge is 0.310 e. The van der Waals surface area contributed by atoms with Crippen LogP contribution in [0.1, 0.15) is 17.0 Å². The fourth-order valence-electron chi connectivity index (χ4n) is 2.34. The van der Waals surface area contributed by atoms with E-state index in [1.807, 2.05) is 13.0 Å². The Morgan fingerprint density at radius 2 is 2.24 bits per heavy atom. The van der Waals surface area contributed by atoms with Gasteiger partial charge >= 0.3 is 5.97 Å². The summed E-state index contributed by atoms with van der Waals surface area (Å²) in [6.07, 6.45) is 0. The highest BCUT2D eigenvalue weighted by atomic mass is 19.1. The van der Waals surface area contributed by atoms with Crippen molar-refractivity contribution in [3.63, 3.8) is 0 Å². The Balaban J connectivity index is 2.29. The molecule has 0 unspecified atom stereocenters. The summed E-state index contributed by atoms with van der Waals surface area (Å²) in [4.78, 5) is 11.6. The zero-order valence-electron chi connectivity index (χ0n) is 10.00. The minimum Gasteiger partial charge on any atom is -0.469 e. The van der Waals surface area contributed by atoms with Crippen LogP contribution in [-0.4, -0.2) is 26.2 Å². The van der Waals surface area contributed by atoms with E-state index in [9.17, 15) is 9.18 Å². The fraction of sp³-hybridized carbons (Fsp3) is 0.462. The Hall–Kier alpha value is -1.42. The maximum Gasteiger partial charge on any atom is 0.310 e. The molecule has 1 aromatic rings. The first-order valence-electron chi connectivity index (χ1n) is 5.68. The van der Waals surface area contributed by atoms with Crippen LogP contribution >= 0.6 is 0 Å². The number of carbonyl (C=O) groups is 1. The molecule has 0 radical (unpaired) electrons. The van der Waals surface area contributed by atoms with Crippen molar-refractivity contribution in [1.29, 1.82) is 0 Å². The zero-order chi connectivity index (χ0) is 12.4. The first kappa shape index (κ1) is 12.0. The summed E-state index contributed by atoms with van der Waals surface area (Å²) in [5.74, 6) is -0.951. The molecule has 0 aromatic heterocycles. The van der Waals surface area contributed by atoms with E-state index in [1.165, 1.54) is 13.2 Å². The molecule has 0 aliphatic carbocycles. The predicted molar refractivity (Wildman–Crippen MR) is 62.3 cm³/mol. The molecular weight excluding hydrogens is 221 g/mol. The molecule has 2 rings (SSSR count). The van der Waals surface area contributed by atoms with Crippen LogP contribution in [0.3, 0.4) is 0 Å². The first-order chi connectivity index (χ1) is 8.13. The van der Waals surface area contributed by atoms with Gasteiger partial charge in [-0.3, -0.25) is 4.79 Å². The van der Waals surface area contributed by atoms with Gasteiger partial charge in [0.15, 0.2) is 0 Å². The SMILES string of the molecule is COC(=O)[C@@H]1CNC[C@H]1c1ccc(C)cc1F. The third-order valence-corrected chi connectivity index (χ3v) is 3.27. The number of aryl methyl sites for hydroxylation is 1. The van der Waals surface area contributed by atoms with Gasteiger partial charge in [-0.1, -0.05) is 12.1 Å². The second-order valence-electron chi connectivity index (χ2n) is 4.42. The molecule has 1 saturated heterocycles. The van der Waals surface area contributed by atoms with Gasteiger partial charge in [0.2, 0.25) is 0 Å². The summed E-state index contributed by atoms with van der Waals surface area (Å²) in [7, 11) is 1.36. The number of rotatable bonds is 2. The number of benzene rings is 1. The highest BCUT2D eigenvalue weighted by Crippen LogP contribution is 2.31. The number of nitrogens with one attached hydrogen (secondary N) is 1. The summed E-state index contributed by atoms with van der Waals surface area (Å²) in [5.41, 5.74) is 1.47. The van der Waals surface area contributed by atoms with Gasteiger partial charge in [0.25, 0.3) is 0 Å². The van der Waals surface area contributed by atoms with Crippen LogP contribution in [0.25, 0.3) is 0 Å². The number of ether oxygens (including phenoxy) is 1. The number of halogens is 1. The molecule has 0 amide bonds. The number of hydrogen-bond acceptors (Lipinski definition) is 3. The van der Waals surface area contributed by atoms with Crippen molar-refractivity contribution >= 4 is 5.97 Å². The van der Waals surface area contributed by atoms with E-state index < -0.39 is 0 Å². The van der Waals surface area contributed by atoms with Gasteiger partial charge in [-0.2, -0.15) is 0 Å². The fourth-order valence-corrected chi connectivity index (χ4v) is 2.34. The lowest BCUT2D eigenvalue weighted by atomic mass is 9.88. The van der Waals surface area contributed by atoms with Gasteiger partial charge in [-0.15, -0.1) is 0 Å². The molecule has 2 atom stereocenters. The maximum atomic E-state index is 13.9. The molecule has 1 fully saturated rings. The summed E-state index contributed by atoms with van der Waals surface area (Å²) < 4.78 is 18.6. The molecule has 92 valence electrons. The molecule has 1 N–H and O–H groups in total. The molecule has 0 bridgehead atoms. The molecule has 1 aliphatic rings. The molecule has 1 aliphatic heterocycles. The highest BCUT2D eigenvalue weighted by Gasteiger charge is 2.36. The van der Waals surface area contributed by atoms with Crippen molar-refractivity contribution in [3.8, 4) is 0 Å². The lowest BCUT2D eigenvalue weighted by Crippen LogP contribution is -2.23. The Morgan fingerprint density at radius 3 is 2.88 bits per heavy atom. The number of methoxy groups -OCH3 is 1. The molecule has 4 heteroatoms. The van der Waals surface area contributed by atoms with Crippen LogP contribution in [0.2, 0.25) is 0 Å². The summed E-state index contributed by atoms with van der Waals surface area (Å²) in [6.45, 7) is 3.00. The quantitative estimate of drug-likeness (QED) is 0.794. The Morgan fingerprint density at radius 1 is 1.47 bits per heavy atom. The zero-order valence-corrected chi connectivity index (χ0v) is 10.00. The van der Waals surface area contributed by atoms with E-state index in [0.717, 1.165) is 5.56 Å². The molecule has 0 saturated carbocycles. The van der Waals surface area contributed by atoms with Crippen molar-refractivity contribution in [2.75, 3.05) is 20.2 Å². The molecule has 17 heavy (non-hydrogen) atoms. The maximum absolute atomic E-state index is 13.9. The Labute approximate surface area is 100.0 Å². The molecular formula is C13H16FNO2. The first-order valence-corrected chi connectivity index (χ1v) is 5.68. The van der Waals surface area contributed by atoms with Crippen LogP contribution in [0.5, 0.6) is 0 Å². The normalized spacial score (nSPS) is 23.7. The van der Waals surface area contributed by atoms with E-state index in [2.05, 4.69) is 5.32 Å². The van der Waals surface area contributed by atoms with Crippen LogP contribution in [-0.2, 0) is 9.53 Å². The molecule has 0 spiro atoms. The topological polar surface area (TPSA) is 38.3 Å². The minimum absolute atomic E-state index is 0.136. The average Bonchev–Trinajstić information content (AvgIpc) is 2.77. The van der Waals surface area contributed by atoms with Crippen LogP contribution in [0, 0.1) is 18.7 Å². The van der Waals surface area contributed by atoms with Gasteiger partial charge in [-0.25, -0.2) is 4.39 Å². The van der Waals surface area contributed by atoms with Gasteiger partial charge < -0.3 is 10.1 Å². The van der Waals surface area contributed by atoms with E-state index in [4.69, 9.17) is 4.74 Å². The summed E-state index contributed by atoms with van der Waals surface area (Å²) >= 11 is 0. The monoisotopic (exact) mass is 237 g/mol. The summed E-state index contributed by atoms with van der Waals surface area (Å²) in [5, 5.41) is 3.11. The van der Waals surface area contributed by atoms with Crippen LogP contribution < -0.4 is 5.32 Å². The number of esters is 1. The van der Waals surface area contributed by atoms with Crippen molar-refractivity contribution in [2.45, 2.75) is 12.8 Å². The third-order valence-electron chi connectivity index (χ3n) is 3.27. The third kappa shape index (κ3) is 2.31. The van der Waals surface area contributed by atoms with Gasteiger partial charge in [0.1, 0.15) is 5.82 Å². The predicted octanol–water partition coefficient (Wildman–Crippen LogP) is 1.61. The molecule has 3 nitrogen and oxygen atoms in total. The van der Waals surface area contributed by atoms with E-state index in [1.54, 1.807) is 6.07 Å². The number of carbonyl (C=O) groups excluding carboxylic acids is 1. The molecule has 1 heterocycles. The van der Waals surface area contributed by atoms with E-state index >= 15 is 0 Å². The average molecular weight is 237 g/mol. The van der Waals surface area contributed by atoms with Crippen LogP contribution in [0.15, 0.2) is 18.2 Å². The standard InChI is InChI=1S/C13H16FNO2/c1-8-3-4-9(12(14)5-8)10-6-15-7-11(10)13(16)17-2/h3-5,10-11,15H,6-7H2,1-2H3/t10-,11+/m0/s1. The van der Waals surface area contributed by atoms with Crippen molar-refractivity contribution in [1.82, 2.24) is 5.32 Å². The number of hydrogen-bond donors (Lipinski definition) is 1. The van der Waals surface area contributed by atoms with Gasteiger partial charge in [0.05, 0.1) is 13.0 Å². The second kappa shape index (κ2) is 4.84.